The molecule has 9 nitrogen and oxygen atoms in total. The van der Waals surface area contributed by atoms with Crippen LogP contribution in [-0.2, 0) is 20.7 Å². The third-order valence-electron chi connectivity index (χ3n) is 5.80. The van der Waals surface area contributed by atoms with Crippen LogP contribution in [0.3, 0.4) is 0 Å². The van der Waals surface area contributed by atoms with Gasteiger partial charge in [0.15, 0.2) is 0 Å². The quantitative estimate of drug-likeness (QED) is 0.437. The highest BCUT2D eigenvalue weighted by atomic mass is 16.6. The van der Waals surface area contributed by atoms with Crippen LogP contribution in [0.2, 0.25) is 0 Å². The second-order valence-corrected chi connectivity index (χ2v) is 8.87. The number of rotatable bonds is 9. The van der Waals surface area contributed by atoms with Gasteiger partial charge < -0.3 is 26.2 Å². The zero-order valence-corrected chi connectivity index (χ0v) is 19.7. The SMILES string of the molecule is CC(C)OC(=O)N1CCCC1C(=O)N[C@H](Cc1ccc2ccccc2c1)C(=O)NCC(O)CN. The van der Waals surface area contributed by atoms with Gasteiger partial charge in [0.05, 0.1) is 12.2 Å². The first-order valence-corrected chi connectivity index (χ1v) is 11.7. The number of amides is 3. The number of fused-ring (bicyclic) bond motifs is 1. The lowest BCUT2D eigenvalue weighted by molar-refractivity contribution is -0.131. The minimum Gasteiger partial charge on any atom is -0.447 e. The maximum absolute atomic E-state index is 13.1. The molecule has 1 aliphatic heterocycles. The second kappa shape index (κ2) is 11.8. The molecule has 0 aromatic heterocycles. The summed E-state index contributed by atoms with van der Waals surface area (Å²) in [6.07, 6.45) is -0.279. The molecule has 0 saturated carbocycles. The van der Waals surface area contributed by atoms with Crippen LogP contribution < -0.4 is 16.4 Å². The van der Waals surface area contributed by atoms with Crippen molar-refractivity contribution < 1.29 is 24.2 Å². The van der Waals surface area contributed by atoms with Crippen LogP contribution in [0.4, 0.5) is 4.79 Å². The Morgan fingerprint density at radius 3 is 2.62 bits per heavy atom. The van der Waals surface area contributed by atoms with Crippen molar-refractivity contribution in [2.75, 3.05) is 19.6 Å². The summed E-state index contributed by atoms with van der Waals surface area (Å²) in [5.74, 6) is -0.832. The van der Waals surface area contributed by atoms with E-state index < -0.39 is 36.1 Å². The maximum atomic E-state index is 13.1. The van der Waals surface area contributed by atoms with Crippen LogP contribution in [0.1, 0.15) is 32.3 Å². The lowest BCUT2D eigenvalue weighted by atomic mass is 10.0. The molecule has 3 atom stereocenters. The lowest BCUT2D eigenvalue weighted by Gasteiger charge is -2.26. The third kappa shape index (κ3) is 6.68. The van der Waals surface area contributed by atoms with Gasteiger partial charge in [0.1, 0.15) is 12.1 Å². The first kappa shape index (κ1) is 25.5. The van der Waals surface area contributed by atoms with Crippen molar-refractivity contribution in [3.05, 3.63) is 48.0 Å². The van der Waals surface area contributed by atoms with Crippen molar-refractivity contribution in [1.29, 1.82) is 0 Å². The van der Waals surface area contributed by atoms with Gasteiger partial charge in [-0.05, 0) is 43.0 Å². The Bertz CT molecular complexity index is 1010. The first-order valence-electron chi connectivity index (χ1n) is 11.7. The highest BCUT2D eigenvalue weighted by molar-refractivity contribution is 5.92. The van der Waals surface area contributed by atoms with E-state index in [1.54, 1.807) is 13.8 Å². The predicted octanol–water partition coefficient (Wildman–Crippen LogP) is 1.31. The molecule has 1 saturated heterocycles. The van der Waals surface area contributed by atoms with Gasteiger partial charge in [-0.2, -0.15) is 0 Å². The van der Waals surface area contributed by atoms with Gasteiger partial charge in [-0.15, -0.1) is 0 Å². The van der Waals surface area contributed by atoms with E-state index in [4.69, 9.17) is 10.5 Å². The number of aliphatic hydroxyl groups excluding tert-OH is 1. The summed E-state index contributed by atoms with van der Waals surface area (Å²) < 4.78 is 5.27. The summed E-state index contributed by atoms with van der Waals surface area (Å²) in [5.41, 5.74) is 6.31. The third-order valence-corrected chi connectivity index (χ3v) is 5.80. The largest absolute Gasteiger partial charge is 0.447 e. The van der Waals surface area contributed by atoms with Crippen LogP contribution in [0.25, 0.3) is 10.8 Å². The Hall–Kier alpha value is -3.17. The minimum atomic E-state index is -0.887. The monoisotopic (exact) mass is 470 g/mol. The molecular weight excluding hydrogens is 436 g/mol. The van der Waals surface area contributed by atoms with Crippen molar-refractivity contribution in [3.63, 3.8) is 0 Å². The van der Waals surface area contributed by atoms with Gasteiger partial charge in [0.2, 0.25) is 11.8 Å². The Balaban J connectivity index is 1.76. The lowest BCUT2D eigenvalue weighted by Crippen LogP contribution is -2.54. The number of nitrogens with zero attached hydrogens (tertiary/aromatic N) is 1. The summed E-state index contributed by atoms with van der Waals surface area (Å²) in [6.45, 7) is 3.92. The molecule has 1 aliphatic rings. The molecule has 0 bridgehead atoms. The fourth-order valence-corrected chi connectivity index (χ4v) is 4.03. The van der Waals surface area contributed by atoms with E-state index in [1.807, 2.05) is 42.5 Å². The van der Waals surface area contributed by atoms with Crippen molar-refractivity contribution in [2.24, 2.45) is 5.73 Å². The van der Waals surface area contributed by atoms with Gasteiger partial charge >= 0.3 is 6.09 Å². The molecule has 0 spiro atoms. The van der Waals surface area contributed by atoms with Crippen molar-refractivity contribution in [1.82, 2.24) is 15.5 Å². The number of nitrogens with two attached hydrogens (primary N) is 1. The number of carbonyl (C=O) groups is 3. The van der Waals surface area contributed by atoms with E-state index in [9.17, 15) is 19.5 Å². The minimum absolute atomic E-state index is 0.0109. The Kier molecular flexibility index (Phi) is 8.84. The second-order valence-electron chi connectivity index (χ2n) is 8.87. The Morgan fingerprint density at radius 2 is 1.91 bits per heavy atom. The molecule has 2 aromatic rings. The van der Waals surface area contributed by atoms with Crippen LogP contribution in [0.5, 0.6) is 0 Å². The number of nitrogens with one attached hydrogen (secondary N) is 2. The van der Waals surface area contributed by atoms with E-state index in [2.05, 4.69) is 10.6 Å². The molecule has 3 rings (SSSR count). The van der Waals surface area contributed by atoms with Crippen LogP contribution in [-0.4, -0.2) is 71.8 Å². The fraction of sp³-hybridized carbons (Fsp3) is 0.480. The maximum Gasteiger partial charge on any atom is 0.410 e. The molecule has 3 amide bonds. The molecular formula is C25H34N4O5. The van der Waals surface area contributed by atoms with Crippen molar-refractivity contribution in [2.45, 2.75) is 57.4 Å². The van der Waals surface area contributed by atoms with Crippen LogP contribution in [0, 0.1) is 0 Å². The summed E-state index contributed by atoms with van der Waals surface area (Å²) in [7, 11) is 0. The molecule has 184 valence electrons. The fourth-order valence-electron chi connectivity index (χ4n) is 4.03. The Morgan fingerprint density at radius 1 is 1.18 bits per heavy atom. The molecule has 2 unspecified atom stereocenters. The standard InChI is InChI=1S/C25H34N4O5/c1-16(2)34-25(33)29-11-5-8-22(29)24(32)28-21(23(31)27-15-20(30)14-26)13-17-9-10-18-6-3-4-7-19(18)12-17/h3-4,6-7,9-10,12,16,20-22,30H,5,8,11,13-15,26H2,1-2H3,(H,27,31)(H,28,32)/t20?,21-,22?/m1/s1. The molecule has 34 heavy (non-hydrogen) atoms. The average molecular weight is 471 g/mol. The predicted molar refractivity (Wildman–Crippen MR) is 129 cm³/mol. The molecule has 2 aromatic carbocycles. The van der Waals surface area contributed by atoms with Gasteiger partial charge in [0, 0.05) is 26.1 Å². The molecule has 5 N–H and O–H groups in total. The van der Waals surface area contributed by atoms with Crippen molar-refractivity contribution >= 4 is 28.7 Å². The number of aliphatic hydroxyl groups is 1. The molecule has 1 fully saturated rings. The first-order chi connectivity index (χ1) is 16.3. The number of benzene rings is 2. The summed E-state index contributed by atoms with van der Waals surface area (Å²) in [4.78, 5) is 39.9. The number of hydrogen-bond donors (Lipinski definition) is 4. The van der Waals surface area contributed by atoms with E-state index in [0.717, 1.165) is 16.3 Å². The van der Waals surface area contributed by atoms with Gasteiger partial charge in [-0.1, -0.05) is 42.5 Å². The smallest absolute Gasteiger partial charge is 0.410 e. The summed E-state index contributed by atoms with van der Waals surface area (Å²) in [6, 6.07) is 12.2. The number of carbonyl (C=O) groups excluding carboxylic acids is 3. The number of hydrogen-bond acceptors (Lipinski definition) is 6. The molecule has 0 aliphatic carbocycles. The molecule has 0 radical (unpaired) electrons. The summed E-state index contributed by atoms with van der Waals surface area (Å²) in [5, 5.41) is 17.3. The average Bonchev–Trinajstić information content (AvgIpc) is 3.31. The molecule has 1 heterocycles. The van der Waals surface area contributed by atoms with Gasteiger partial charge in [0.25, 0.3) is 0 Å². The highest BCUT2D eigenvalue weighted by Crippen LogP contribution is 2.20. The zero-order valence-electron chi connectivity index (χ0n) is 19.7. The zero-order chi connectivity index (χ0) is 24.7. The van der Waals surface area contributed by atoms with Crippen LogP contribution in [0.15, 0.2) is 42.5 Å². The molecule has 9 heteroatoms. The Labute approximate surface area is 199 Å². The van der Waals surface area contributed by atoms with Crippen LogP contribution >= 0.6 is 0 Å². The van der Waals surface area contributed by atoms with E-state index in [-0.39, 0.29) is 25.6 Å². The number of ether oxygens (including phenoxy) is 1. The van der Waals surface area contributed by atoms with E-state index >= 15 is 0 Å². The van der Waals surface area contributed by atoms with E-state index in [0.29, 0.717) is 19.4 Å². The topological polar surface area (TPSA) is 134 Å². The van der Waals surface area contributed by atoms with E-state index in [1.165, 1.54) is 4.90 Å². The summed E-state index contributed by atoms with van der Waals surface area (Å²) >= 11 is 0. The van der Waals surface area contributed by atoms with Gasteiger partial charge in [-0.3, -0.25) is 14.5 Å². The highest BCUT2D eigenvalue weighted by Gasteiger charge is 2.37. The normalized spacial score (nSPS) is 17.4. The van der Waals surface area contributed by atoms with Gasteiger partial charge in [-0.25, -0.2) is 4.79 Å². The van der Waals surface area contributed by atoms with Crippen molar-refractivity contribution in [3.8, 4) is 0 Å². The number of likely N-dealkylation sites (tertiary alicyclic amines) is 1.